The fourth-order valence-electron chi connectivity index (χ4n) is 5.48. The normalized spacial score (nSPS) is 23.1. The number of nitrogens with one attached hydrogen (secondary N) is 1. The van der Waals surface area contributed by atoms with Crippen LogP contribution in [0.4, 0.5) is 5.69 Å². The van der Waals surface area contributed by atoms with E-state index in [4.69, 9.17) is 4.74 Å². The average Bonchev–Trinajstić information content (AvgIpc) is 3.42. The molecule has 172 valence electrons. The summed E-state index contributed by atoms with van der Waals surface area (Å²) < 4.78 is 33.2. The Balaban J connectivity index is 1.57. The van der Waals surface area contributed by atoms with Crippen molar-refractivity contribution in [1.29, 1.82) is 0 Å². The molecule has 2 aromatic carbocycles. The zero-order valence-corrected chi connectivity index (χ0v) is 20.0. The minimum atomic E-state index is -3.88. The standard InChI is InChI=1S/C25H32N2O4S/c1-16-9-12-20(32(29,30)27(3)23-7-5-6-8-24(23)31-4)15-21(16)25(28)26-17(2)22-14-18-10-11-19(22)13-18/h5-9,12,15,17-19,22H,10-11,13-14H2,1-4H3,(H,26,28)/t17-,18+,19+,22-/m1/s1. The van der Waals surface area contributed by atoms with Crippen LogP contribution in [0.3, 0.4) is 0 Å². The average molecular weight is 457 g/mol. The minimum Gasteiger partial charge on any atom is -0.495 e. The Morgan fingerprint density at radius 2 is 1.91 bits per heavy atom. The van der Waals surface area contributed by atoms with Crippen LogP contribution in [0, 0.1) is 24.7 Å². The smallest absolute Gasteiger partial charge is 0.264 e. The van der Waals surface area contributed by atoms with E-state index in [1.807, 2.05) is 6.92 Å². The molecule has 1 amide bonds. The molecular formula is C25H32N2O4S. The third-order valence-corrected chi connectivity index (χ3v) is 9.10. The van der Waals surface area contributed by atoms with Gasteiger partial charge in [0.15, 0.2) is 0 Å². The molecular weight excluding hydrogens is 424 g/mol. The summed E-state index contributed by atoms with van der Waals surface area (Å²) in [6.07, 6.45) is 5.05. The molecule has 2 bridgehead atoms. The van der Waals surface area contributed by atoms with Crippen LogP contribution in [0.5, 0.6) is 5.75 Å². The highest BCUT2D eigenvalue weighted by Gasteiger charge is 2.42. The number of benzene rings is 2. The van der Waals surface area contributed by atoms with Gasteiger partial charge in [0.2, 0.25) is 0 Å². The lowest BCUT2D eigenvalue weighted by atomic mass is 9.84. The number of hydrogen-bond acceptors (Lipinski definition) is 4. The second kappa shape index (κ2) is 8.77. The highest BCUT2D eigenvalue weighted by Crippen LogP contribution is 2.49. The number of para-hydroxylation sites is 2. The second-order valence-electron chi connectivity index (χ2n) is 9.22. The van der Waals surface area contributed by atoms with Crippen LogP contribution in [0.1, 0.15) is 48.5 Å². The van der Waals surface area contributed by atoms with E-state index in [1.165, 1.54) is 50.2 Å². The summed E-state index contributed by atoms with van der Waals surface area (Å²) in [6, 6.07) is 11.8. The van der Waals surface area contributed by atoms with E-state index in [0.717, 1.165) is 11.5 Å². The van der Waals surface area contributed by atoms with E-state index in [0.29, 0.717) is 28.8 Å². The predicted molar refractivity (Wildman–Crippen MR) is 126 cm³/mol. The molecule has 2 aliphatic rings. The van der Waals surface area contributed by atoms with Crippen molar-refractivity contribution in [3.05, 3.63) is 53.6 Å². The molecule has 2 fully saturated rings. The summed E-state index contributed by atoms with van der Waals surface area (Å²) in [7, 11) is -0.880. The van der Waals surface area contributed by atoms with Gasteiger partial charge < -0.3 is 10.1 Å². The molecule has 4 rings (SSSR count). The van der Waals surface area contributed by atoms with Gasteiger partial charge in [-0.15, -0.1) is 0 Å². The van der Waals surface area contributed by atoms with E-state index in [-0.39, 0.29) is 16.8 Å². The number of sulfonamides is 1. The Hall–Kier alpha value is -2.54. The quantitative estimate of drug-likeness (QED) is 0.671. The highest BCUT2D eigenvalue weighted by molar-refractivity contribution is 7.92. The lowest BCUT2D eigenvalue weighted by Gasteiger charge is -2.28. The number of ether oxygens (including phenoxy) is 1. The number of carbonyl (C=O) groups is 1. The van der Waals surface area contributed by atoms with Crippen molar-refractivity contribution in [2.45, 2.75) is 50.5 Å². The SMILES string of the molecule is COc1ccccc1N(C)S(=O)(=O)c1ccc(C)c(C(=O)N[C@H](C)[C@H]2C[C@H]3CC[C@H]2C3)c1. The zero-order chi connectivity index (χ0) is 23.0. The van der Waals surface area contributed by atoms with Crippen LogP contribution in [0.25, 0.3) is 0 Å². The number of aryl methyl sites for hydroxylation is 1. The monoisotopic (exact) mass is 456 g/mol. The van der Waals surface area contributed by atoms with Crippen molar-refractivity contribution in [1.82, 2.24) is 5.32 Å². The van der Waals surface area contributed by atoms with Crippen LogP contribution >= 0.6 is 0 Å². The number of hydrogen-bond donors (Lipinski definition) is 1. The third-order valence-electron chi connectivity index (χ3n) is 7.33. The molecule has 4 atom stereocenters. The molecule has 0 aliphatic heterocycles. The maximum atomic E-state index is 13.3. The second-order valence-corrected chi connectivity index (χ2v) is 11.2. The summed E-state index contributed by atoms with van der Waals surface area (Å²) in [5, 5.41) is 3.15. The number of nitrogens with zero attached hydrogens (tertiary/aromatic N) is 1. The van der Waals surface area contributed by atoms with Crippen LogP contribution in [-0.4, -0.2) is 34.5 Å². The first-order chi connectivity index (χ1) is 15.2. The van der Waals surface area contributed by atoms with Gasteiger partial charge in [-0.3, -0.25) is 9.10 Å². The summed E-state index contributed by atoms with van der Waals surface area (Å²) >= 11 is 0. The molecule has 1 N–H and O–H groups in total. The fraction of sp³-hybridized carbons (Fsp3) is 0.480. The van der Waals surface area contributed by atoms with E-state index >= 15 is 0 Å². The molecule has 0 unspecified atom stereocenters. The maximum absolute atomic E-state index is 13.3. The first kappa shape index (κ1) is 22.6. The molecule has 0 radical (unpaired) electrons. The molecule has 2 saturated carbocycles. The van der Waals surface area contributed by atoms with Crippen molar-refractivity contribution < 1.29 is 17.9 Å². The fourth-order valence-corrected chi connectivity index (χ4v) is 6.71. The van der Waals surface area contributed by atoms with Crippen molar-refractivity contribution in [3.8, 4) is 5.75 Å². The van der Waals surface area contributed by atoms with Crippen molar-refractivity contribution in [2.75, 3.05) is 18.5 Å². The Morgan fingerprint density at radius 1 is 1.16 bits per heavy atom. The molecule has 2 aromatic rings. The predicted octanol–water partition coefficient (Wildman–Crippen LogP) is 4.38. The number of carbonyl (C=O) groups excluding carboxylic acids is 1. The topological polar surface area (TPSA) is 75.7 Å². The number of amides is 1. The molecule has 6 nitrogen and oxygen atoms in total. The zero-order valence-electron chi connectivity index (χ0n) is 19.2. The largest absolute Gasteiger partial charge is 0.495 e. The van der Waals surface area contributed by atoms with Gasteiger partial charge in [0.1, 0.15) is 5.75 Å². The highest BCUT2D eigenvalue weighted by atomic mass is 32.2. The van der Waals surface area contributed by atoms with Gasteiger partial charge >= 0.3 is 0 Å². The summed E-state index contributed by atoms with van der Waals surface area (Å²) in [5.41, 5.74) is 1.59. The van der Waals surface area contributed by atoms with Crippen molar-refractivity contribution >= 4 is 21.6 Å². The van der Waals surface area contributed by atoms with E-state index < -0.39 is 10.0 Å². The van der Waals surface area contributed by atoms with Crippen LogP contribution in [-0.2, 0) is 10.0 Å². The number of methoxy groups -OCH3 is 1. The van der Waals surface area contributed by atoms with E-state index in [1.54, 1.807) is 36.4 Å². The molecule has 2 aliphatic carbocycles. The van der Waals surface area contributed by atoms with Crippen molar-refractivity contribution in [2.24, 2.45) is 17.8 Å². The summed E-state index contributed by atoms with van der Waals surface area (Å²) in [6.45, 7) is 3.91. The number of anilines is 1. The Bertz CT molecular complexity index is 1110. The van der Waals surface area contributed by atoms with Crippen molar-refractivity contribution in [3.63, 3.8) is 0 Å². The van der Waals surface area contributed by atoms with Gasteiger partial charge in [-0.2, -0.15) is 0 Å². The van der Waals surface area contributed by atoms with Crippen LogP contribution in [0.15, 0.2) is 47.4 Å². The Morgan fingerprint density at radius 3 is 2.56 bits per heavy atom. The van der Waals surface area contributed by atoms with Crippen LogP contribution in [0.2, 0.25) is 0 Å². The first-order valence-electron chi connectivity index (χ1n) is 11.3. The lowest BCUT2D eigenvalue weighted by Crippen LogP contribution is -2.40. The van der Waals surface area contributed by atoms with Gasteiger partial charge in [-0.25, -0.2) is 8.42 Å². The summed E-state index contributed by atoms with van der Waals surface area (Å²) in [5.74, 6) is 2.28. The van der Waals surface area contributed by atoms with Gasteiger partial charge in [-0.1, -0.05) is 24.6 Å². The summed E-state index contributed by atoms with van der Waals surface area (Å²) in [4.78, 5) is 13.2. The number of rotatable bonds is 7. The maximum Gasteiger partial charge on any atom is 0.264 e. The minimum absolute atomic E-state index is 0.0775. The molecule has 32 heavy (non-hydrogen) atoms. The number of fused-ring (bicyclic) bond motifs is 2. The lowest BCUT2D eigenvalue weighted by molar-refractivity contribution is 0.0914. The molecule has 0 saturated heterocycles. The van der Waals surface area contributed by atoms with Gasteiger partial charge in [-0.05, 0) is 80.7 Å². The van der Waals surface area contributed by atoms with Crippen LogP contribution < -0.4 is 14.4 Å². The molecule has 0 spiro atoms. The van der Waals surface area contributed by atoms with Gasteiger partial charge in [0.05, 0.1) is 17.7 Å². The molecule has 0 heterocycles. The third kappa shape index (κ3) is 4.10. The van der Waals surface area contributed by atoms with Gasteiger partial charge in [0, 0.05) is 18.7 Å². The van der Waals surface area contributed by atoms with E-state index in [9.17, 15) is 13.2 Å². The molecule has 0 aromatic heterocycles. The van der Waals surface area contributed by atoms with E-state index in [2.05, 4.69) is 12.2 Å². The molecule has 7 heteroatoms. The first-order valence-corrected chi connectivity index (χ1v) is 12.7. The Kier molecular flexibility index (Phi) is 6.21. The van der Waals surface area contributed by atoms with Gasteiger partial charge in [0.25, 0.3) is 15.9 Å². The Labute approximate surface area is 191 Å².